The number of ether oxygens (including phenoxy) is 1. The number of nitrogens with zero attached hydrogens (tertiary/aromatic N) is 1. The molecule has 0 aliphatic carbocycles. The van der Waals surface area contributed by atoms with Gasteiger partial charge in [0.25, 0.3) is 12.3 Å². The number of hydrogen-bond acceptors (Lipinski definition) is 4. The van der Waals surface area contributed by atoms with Gasteiger partial charge in [-0.15, -0.1) is 0 Å². The van der Waals surface area contributed by atoms with E-state index in [1.54, 1.807) is 24.3 Å². The monoisotopic (exact) mass is 412 g/mol. The first kappa shape index (κ1) is 21.9. The lowest BCUT2D eigenvalue weighted by Crippen LogP contribution is -2.37. The zero-order chi connectivity index (χ0) is 20.6. The van der Waals surface area contributed by atoms with Crippen molar-refractivity contribution in [2.24, 2.45) is 0 Å². The van der Waals surface area contributed by atoms with Gasteiger partial charge in [0.15, 0.2) is 0 Å². The summed E-state index contributed by atoms with van der Waals surface area (Å²) < 4.78 is 57.9. The van der Waals surface area contributed by atoms with Gasteiger partial charge in [-0.05, 0) is 23.8 Å². The van der Waals surface area contributed by atoms with Gasteiger partial charge in [-0.2, -0.15) is 0 Å². The summed E-state index contributed by atoms with van der Waals surface area (Å²) in [5, 5.41) is 0. The molecule has 2 aromatic carbocycles. The number of hydrogen-bond donors (Lipinski definition) is 1. The SMILES string of the molecule is COCCN(CC(F)F)C(=O)c1cccc(S(=O)(=O)NCc2ccccc2)c1. The summed E-state index contributed by atoms with van der Waals surface area (Å²) >= 11 is 0. The molecule has 0 aliphatic rings. The summed E-state index contributed by atoms with van der Waals surface area (Å²) in [5.74, 6) is -0.683. The van der Waals surface area contributed by atoms with Crippen LogP contribution < -0.4 is 4.72 Å². The van der Waals surface area contributed by atoms with E-state index >= 15 is 0 Å². The van der Waals surface area contributed by atoms with Crippen molar-refractivity contribution < 1.29 is 26.7 Å². The Morgan fingerprint density at radius 2 is 1.86 bits per heavy atom. The van der Waals surface area contributed by atoms with Crippen molar-refractivity contribution >= 4 is 15.9 Å². The Kier molecular flexibility index (Phi) is 8.04. The number of nitrogens with one attached hydrogen (secondary N) is 1. The van der Waals surface area contributed by atoms with Crippen molar-refractivity contribution in [3.63, 3.8) is 0 Å². The van der Waals surface area contributed by atoms with E-state index in [9.17, 15) is 22.0 Å². The fraction of sp³-hybridized carbons (Fsp3) is 0.316. The second-order valence-corrected chi connectivity index (χ2v) is 7.74. The lowest BCUT2D eigenvalue weighted by molar-refractivity contribution is 0.0478. The zero-order valence-corrected chi connectivity index (χ0v) is 16.2. The highest BCUT2D eigenvalue weighted by molar-refractivity contribution is 7.89. The van der Waals surface area contributed by atoms with E-state index in [1.807, 2.05) is 6.07 Å². The Bertz CT molecular complexity index is 877. The minimum Gasteiger partial charge on any atom is -0.383 e. The van der Waals surface area contributed by atoms with Crippen LogP contribution in [-0.2, 0) is 21.3 Å². The number of amides is 1. The fourth-order valence-corrected chi connectivity index (χ4v) is 3.54. The van der Waals surface area contributed by atoms with Crippen molar-refractivity contribution in [1.29, 1.82) is 0 Å². The van der Waals surface area contributed by atoms with E-state index in [0.717, 1.165) is 10.5 Å². The van der Waals surface area contributed by atoms with Crippen LogP contribution in [0.5, 0.6) is 0 Å². The molecule has 9 heteroatoms. The molecule has 2 aromatic rings. The van der Waals surface area contributed by atoms with Gasteiger partial charge in [0.1, 0.15) is 0 Å². The number of rotatable bonds is 10. The van der Waals surface area contributed by atoms with Gasteiger partial charge in [-0.25, -0.2) is 21.9 Å². The summed E-state index contributed by atoms with van der Waals surface area (Å²) in [5.41, 5.74) is 0.792. The van der Waals surface area contributed by atoms with Gasteiger partial charge in [-0.3, -0.25) is 4.79 Å². The number of halogens is 2. The molecule has 0 fully saturated rings. The number of alkyl halides is 2. The summed E-state index contributed by atoms with van der Waals surface area (Å²) in [4.78, 5) is 13.4. The third-order valence-electron chi connectivity index (χ3n) is 3.91. The highest BCUT2D eigenvalue weighted by atomic mass is 32.2. The van der Waals surface area contributed by atoms with Gasteiger partial charge >= 0.3 is 0 Å². The molecule has 0 atom stereocenters. The van der Waals surface area contributed by atoms with Crippen molar-refractivity contribution in [2.75, 3.05) is 26.8 Å². The zero-order valence-electron chi connectivity index (χ0n) is 15.3. The molecule has 0 unspecified atom stereocenters. The van der Waals surface area contributed by atoms with Crippen LogP contribution in [0.4, 0.5) is 8.78 Å². The lowest BCUT2D eigenvalue weighted by atomic mass is 10.2. The molecule has 0 saturated carbocycles. The number of methoxy groups -OCH3 is 1. The number of sulfonamides is 1. The van der Waals surface area contributed by atoms with Crippen molar-refractivity contribution in [2.45, 2.75) is 17.9 Å². The van der Waals surface area contributed by atoms with Crippen molar-refractivity contribution in [3.05, 3.63) is 65.7 Å². The number of benzene rings is 2. The molecular formula is C19H22F2N2O4S. The first-order valence-electron chi connectivity index (χ1n) is 8.53. The molecule has 2 rings (SSSR count). The maximum Gasteiger partial charge on any atom is 0.255 e. The Labute approximate surface area is 163 Å². The molecule has 0 saturated heterocycles. The molecule has 28 heavy (non-hydrogen) atoms. The van der Waals surface area contributed by atoms with Crippen LogP contribution in [-0.4, -0.2) is 52.5 Å². The molecule has 0 heterocycles. The van der Waals surface area contributed by atoms with Crippen LogP contribution in [0, 0.1) is 0 Å². The maximum atomic E-state index is 12.8. The largest absolute Gasteiger partial charge is 0.383 e. The van der Waals surface area contributed by atoms with Gasteiger partial charge in [0.05, 0.1) is 18.0 Å². The molecule has 0 bridgehead atoms. The van der Waals surface area contributed by atoms with Gasteiger partial charge in [0.2, 0.25) is 10.0 Å². The smallest absolute Gasteiger partial charge is 0.255 e. The average molecular weight is 412 g/mol. The molecule has 6 nitrogen and oxygen atoms in total. The molecule has 1 amide bonds. The average Bonchev–Trinajstić information content (AvgIpc) is 2.70. The van der Waals surface area contributed by atoms with Crippen LogP contribution in [0.1, 0.15) is 15.9 Å². The van der Waals surface area contributed by atoms with E-state index in [-0.39, 0.29) is 30.2 Å². The first-order chi connectivity index (χ1) is 13.3. The van der Waals surface area contributed by atoms with Gasteiger partial charge < -0.3 is 9.64 Å². The maximum absolute atomic E-state index is 12.8. The second kappa shape index (κ2) is 10.3. The van der Waals surface area contributed by atoms with E-state index in [1.165, 1.54) is 31.4 Å². The van der Waals surface area contributed by atoms with Crippen LogP contribution in [0.2, 0.25) is 0 Å². The molecular weight excluding hydrogens is 390 g/mol. The fourth-order valence-electron chi connectivity index (χ4n) is 2.48. The first-order valence-corrected chi connectivity index (χ1v) is 10.0. The van der Waals surface area contributed by atoms with E-state index < -0.39 is 28.9 Å². The number of carbonyl (C=O) groups is 1. The summed E-state index contributed by atoms with van der Waals surface area (Å²) in [6, 6.07) is 14.3. The third-order valence-corrected chi connectivity index (χ3v) is 5.31. The highest BCUT2D eigenvalue weighted by Crippen LogP contribution is 2.15. The van der Waals surface area contributed by atoms with Crippen LogP contribution in [0.3, 0.4) is 0 Å². The molecule has 0 spiro atoms. The van der Waals surface area contributed by atoms with Gasteiger partial charge in [0, 0.05) is 25.8 Å². The minimum absolute atomic E-state index is 0.0133. The lowest BCUT2D eigenvalue weighted by Gasteiger charge is -2.22. The van der Waals surface area contributed by atoms with Crippen LogP contribution in [0.15, 0.2) is 59.5 Å². The normalized spacial score (nSPS) is 11.6. The Morgan fingerprint density at radius 1 is 1.14 bits per heavy atom. The highest BCUT2D eigenvalue weighted by Gasteiger charge is 2.22. The van der Waals surface area contributed by atoms with E-state index in [2.05, 4.69) is 4.72 Å². The molecule has 1 N–H and O–H groups in total. The summed E-state index contributed by atoms with van der Waals surface area (Å²) in [6.07, 6.45) is -2.71. The molecule has 152 valence electrons. The van der Waals surface area contributed by atoms with Gasteiger partial charge in [-0.1, -0.05) is 36.4 Å². The predicted molar refractivity (Wildman–Crippen MR) is 101 cm³/mol. The standard InChI is InChI=1S/C19H22F2N2O4S/c1-27-11-10-23(14-18(20)21)19(24)16-8-5-9-17(12-16)28(25,26)22-13-15-6-3-2-4-7-15/h2-9,12,18,22H,10-11,13-14H2,1H3. The molecule has 0 aliphatic heterocycles. The Morgan fingerprint density at radius 3 is 2.50 bits per heavy atom. The predicted octanol–water partition coefficient (Wildman–Crippen LogP) is 2.52. The quantitative estimate of drug-likeness (QED) is 0.651. The Balaban J connectivity index is 2.17. The van der Waals surface area contributed by atoms with E-state index in [4.69, 9.17) is 4.74 Å². The van der Waals surface area contributed by atoms with Crippen molar-refractivity contribution in [3.8, 4) is 0 Å². The van der Waals surface area contributed by atoms with E-state index in [0.29, 0.717) is 0 Å². The third kappa shape index (κ3) is 6.36. The van der Waals surface area contributed by atoms with Crippen LogP contribution >= 0.6 is 0 Å². The molecule has 0 radical (unpaired) electrons. The summed E-state index contributed by atoms with van der Waals surface area (Å²) in [6.45, 7) is -0.601. The Hall–Kier alpha value is -2.36. The summed E-state index contributed by atoms with van der Waals surface area (Å²) in [7, 11) is -2.47. The minimum atomic E-state index is -3.87. The van der Waals surface area contributed by atoms with Crippen molar-refractivity contribution in [1.82, 2.24) is 9.62 Å². The topological polar surface area (TPSA) is 75.7 Å². The second-order valence-electron chi connectivity index (χ2n) is 5.97. The van der Waals surface area contributed by atoms with Crippen LogP contribution in [0.25, 0.3) is 0 Å². The molecule has 0 aromatic heterocycles. The number of carbonyl (C=O) groups excluding carboxylic acids is 1.